The number of hydrogen-bond acceptors (Lipinski definition) is 2. The van der Waals surface area contributed by atoms with Gasteiger partial charge in [-0.1, -0.05) is 74.5 Å². The molecular formula is C25H28N2. The van der Waals surface area contributed by atoms with Gasteiger partial charge < -0.3 is 4.90 Å². The van der Waals surface area contributed by atoms with Crippen LogP contribution in [0.1, 0.15) is 43.4 Å². The van der Waals surface area contributed by atoms with Gasteiger partial charge in [0, 0.05) is 12.1 Å². The predicted molar refractivity (Wildman–Crippen MR) is 114 cm³/mol. The molecule has 0 aromatic heterocycles. The standard InChI is InChI=1S/C25H28N2/c1-5-12-24(6-2)27(8-4)25(7-3,19-21-13-10-9-11-14-21)23-17-15-22(20-26)16-18-23/h6-11,13-18H,3-5,12,19H2,1-2H3/b24-6-. The fourth-order valence-corrected chi connectivity index (χ4v) is 3.55. The second-order valence-corrected chi connectivity index (χ2v) is 6.56. The van der Waals surface area contributed by atoms with Crippen LogP contribution in [0.25, 0.3) is 0 Å². The Kier molecular flexibility index (Phi) is 7.20. The Morgan fingerprint density at radius 2 is 1.78 bits per heavy atom. The molecule has 138 valence electrons. The van der Waals surface area contributed by atoms with E-state index in [4.69, 9.17) is 5.26 Å². The summed E-state index contributed by atoms with van der Waals surface area (Å²) >= 11 is 0. The van der Waals surface area contributed by atoms with Crippen molar-refractivity contribution in [2.75, 3.05) is 0 Å². The van der Waals surface area contributed by atoms with Crippen LogP contribution < -0.4 is 0 Å². The van der Waals surface area contributed by atoms with Crippen LogP contribution in [0.15, 0.2) is 91.8 Å². The van der Waals surface area contributed by atoms with Crippen LogP contribution in [0.2, 0.25) is 0 Å². The lowest BCUT2D eigenvalue weighted by molar-refractivity contribution is 0.240. The normalized spacial score (nSPS) is 13.3. The summed E-state index contributed by atoms with van der Waals surface area (Å²) in [6.45, 7) is 12.6. The van der Waals surface area contributed by atoms with Crippen molar-refractivity contribution in [3.63, 3.8) is 0 Å². The lowest BCUT2D eigenvalue weighted by Crippen LogP contribution is -2.42. The third-order valence-electron chi connectivity index (χ3n) is 4.93. The zero-order valence-corrected chi connectivity index (χ0v) is 16.4. The molecule has 2 aromatic carbocycles. The predicted octanol–water partition coefficient (Wildman–Crippen LogP) is 6.33. The maximum atomic E-state index is 9.17. The van der Waals surface area contributed by atoms with Crippen LogP contribution >= 0.6 is 0 Å². The van der Waals surface area contributed by atoms with E-state index in [2.05, 4.69) is 68.3 Å². The van der Waals surface area contributed by atoms with Gasteiger partial charge in [0.2, 0.25) is 0 Å². The highest BCUT2D eigenvalue weighted by molar-refractivity contribution is 5.40. The zero-order valence-electron chi connectivity index (χ0n) is 16.4. The van der Waals surface area contributed by atoms with Gasteiger partial charge in [0.25, 0.3) is 0 Å². The number of nitriles is 1. The van der Waals surface area contributed by atoms with Crippen molar-refractivity contribution in [3.8, 4) is 6.07 Å². The fourth-order valence-electron chi connectivity index (χ4n) is 3.55. The van der Waals surface area contributed by atoms with E-state index in [9.17, 15) is 0 Å². The molecule has 0 radical (unpaired) electrons. The number of hydrogen-bond donors (Lipinski definition) is 0. The minimum absolute atomic E-state index is 0.478. The Bertz CT molecular complexity index is 825. The maximum absolute atomic E-state index is 9.17. The largest absolute Gasteiger partial charge is 0.339 e. The molecule has 2 heteroatoms. The van der Waals surface area contributed by atoms with E-state index in [0.717, 1.165) is 24.8 Å². The molecule has 2 aromatic rings. The monoisotopic (exact) mass is 356 g/mol. The first-order valence-corrected chi connectivity index (χ1v) is 9.40. The molecule has 0 aliphatic carbocycles. The van der Waals surface area contributed by atoms with Crippen LogP contribution in [-0.4, -0.2) is 4.90 Å². The molecule has 27 heavy (non-hydrogen) atoms. The third-order valence-corrected chi connectivity index (χ3v) is 4.93. The highest BCUT2D eigenvalue weighted by Crippen LogP contribution is 2.38. The minimum atomic E-state index is -0.478. The zero-order chi connectivity index (χ0) is 19.7. The second kappa shape index (κ2) is 9.59. The highest BCUT2D eigenvalue weighted by atomic mass is 15.2. The van der Waals surface area contributed by atoms with Crippen molar-refractivity contribution < 1.29 is 0 Å². The molecule has 0 saturated heterocycles. The topological polar surface area (TPSA) is 27.0 Å². The number of benzene rings is 2. The summed E-state index contributed by atoms with van der Waals surface area (Å²) in [6.07, 6.45) is 8.82. The molecule has 2 nitrogen and oxygen atoms in total. The van der Waals surface area contributed by atoms with Crippen LogP contribution in [0, 0.1) is 11.3 Å². The van der Waals surface area contributed by atoms with Crippen molar-refractivity contribution in [1.29, 1.82) is 5.26 Å². The molecule has 0 N–H and O–H groups in total. The van der Waals surface area contributed by atoms with E-state index in [1.807, 2.05) is 42.6 Å². The molecule has 0 amide bonds. The van der Waals surface area contributed by atoms with Gasteiger partial charge in [-0.15, -0.1) is 6.58 Å². The van der Waals surface area contributed by atoms with Crippen LogP contribution in [0.5, 0.6) is 0 Å². The number of rotatable bonds is 9. The van der Waals surface area contributed by atoms with Crippen molar-refractivity contribution >= 4 is 0 Å². The van der Waals surface area contributed by atoms with E-state index < -0.39 is 5.54 Å². The second-order valence-electron chi connectivity index (χ2n) is 6.56. The molecule has 2 rings (SSSR count). The van der Waals surface area contributed by atoms with Gasteiger partial charge in [-0.2, -0.15) is 5.26 Å². The molecule has 0 heterocycles. The fraction of sp³-hybridized carbons (Fsp3) is 0.240. The molecule has 0 aliphatic rings. The van der Waals surface area contributed by atoms with E-state index in [1.165, 1.54) is 11.3 Å². The van der Waals surface area contributed by atoms with E-state index in [-0.39, 0.29) is 0 Å². The van der Waals surface area contributed by atoms with Gasteiger partial charge >= 0.3 is 0 Å². The molecule has 0 spiro atoms. The Balaban J connectivity index is 2.65. The van der Waals surface area contributed by atoms with Gasteiger partial charge in [0.1, 0.15) is 0 Å². The summed E-state index contributed by atoms with van der Waals surface area (Å²) in [6, 6.07) is 20.4. The van der Waals surface area contributed by atoms with E-state index in [1.54, 1.807) is 0 Å². The summed E-state index contributed by atoms with van der Waals surface area (Å²) < 4.78 is 0. The molecule has 0 fully saturated rings. The summed E-state index contributed by atoms with van der Waals surface area (Å²) in [5, 5.41) is 9.17. The SMILES string of the molecule is C=CN(/C(=C\C)CCC)C(C=C)(Cc1ccccc1)c1ccc(C#N)cc1. The first-order valence-electron chi connectivity index (χ1n) is 9.40. The Morgan fingerprint density at radius 3 is 2.26 bits per heavy atom. The lowest BCUT2D eigenvalue weighted by atomic mass is 9.81. The average Bonchev–Trinajstić information content (AvgIpc) is 2.73. The minimum Gasteiger partial charge on any atom is -0.339 e. The van der Waals surface area contributed by atoms with Gasteiger partial charge in [-0.3, -0.25) is 0 Å². The van der Waals surface area contributed by atoms with Crippen LogP contribution in [0.3, 0.4) is 0 Å². The number of allylic oxidation sites excluding steroid dienone is 2. The molecule has 1 unspecified atom stereocenters. The van der Waals surface area contributed by atoms with Crippen molar-refractivity contribution in [3.05, 3.63) is 108 Å². The average molecular weight is 357 g/mol. The summed E-state index contributed by atoms with van der Waals surface area (Å²) in [7, 11) is 0. The first kappa shape index (κ1) is 20.3. The Morgan fingerprint density at radius 1 is 1.11 bits per heavy atom. The molecule has 0 saturated carbocycles. The van der Waals surface area contributed by atoms with E-state index >= 15 is 0 Å². The van der Waals surface area contributed by atoms with Crippen molar-refractivity contribution in [1.82, 2.24) is 4.90 Å². The smallest absolute Gasteiger partial charge is 0.0991 e. The van der Waals surface area contributed by atoms with Crippen LogP contribution in [0.4, 0.5) is 0 Å². The summed E-state index contributed by atoms with van der Waals surface area (Å²) in [4.78, 5) is 2.23. The van der Waals surface area contributed by atoms with E-state index in [0.29, 0.717) is 5.56 Å². The maximum Gasteiger partial charge on any atom is 0.0991 e. The van der Waals surface area contributed by atoms with Crippen LogP contribution in [-0.2, 0) is 12.0 Å². The van der Waals surface area contributed by atoms with Crippen molar-refractivity contribution in [2.45, 2.75) is 38.6 Å². The van der Waals surface area contributed by atoms with Gasteiger partial charge in [0.15, 0.2) is 0 Å². The van der Waals surface area contributed by atoms with Gasteiger partial charge in [-0.05, 0) is 42.8 Å². The first-order chi connectivity index (χ1) is 13.1. The molecule has 1 atom stereocenters. The number of nitrogens with zero attached hydrogens (tertiary/aromatic N) is 2. The quantitative estimate of drug-likeness (QED) is 0.491. The molecule has 0 bridgehead atoms. The lowest BCUT2D eigenvalue weighted by Gasteiger charge is -2.43. The van der Waals surface area contributed by atoms with Gasteiger partial charge in [-0.25, -0.2) is 0 Å². The van der Waals surface area contributed by atoms with Gasteiger partial charge in [0.05, 0.1) is 17.2 Å². The highest BCUT2D eigenvalue weighted by Gasteiger charge is 2.35. The Labute approximate surface area is 163 Å². The third kappa shape index (κ3) is 4.38. The molecule has 0 aliphatic heterocycles. The summed E-state index contributed by atoms with van der Waals surface area (Å²) in [5.74, 6) is 0. The summed E-state index contributed by atoms with van der Waals surface area (Å²) in [5.41, 5.74) is 3.71. The van der Waals surface area contributed by atoms with Crippen molar-refractivity contribution in [2.24, 2.45) is 0 Å². The molecular weight excluding hydrogens is 328 g/mol. The Hall–Kier alpha value is -3.05.